The van der Waals surface area contributed by atoms with Crippen LogP contribution < -0.4 is 10.1 Å². The number of carbonyl (C=O) groups is 1. The van der Waals surface area contributed by atoms with Crippen LogP contribution in [-0.4, -0.2) is 28.4 Å². The lowest BCUT2D eigenvalue weighted by Crippen LogP contribution is -2.06. The quantitative estimate of drug-likeness (QED) is 0.895. The fourth-order valence-electron chi connectivity index (χ4n) is 1.43. The van der Waals surface area contributed by atoms with Crippen LogP contribution >= 0.6 is 11.6 Å². The van der Waals surface area contributed by atoms with Gasteiger partial charge in [0.25, 0.3) is 0 Å². The third-order valence-electron chi connectivity index (χ3n) is 2.30. The molecule has 0 aliphatic rings. The number of halogens is 1. The molecule has 2 aromatic rings. The molecule has 0 saturated heterocycles. The Hall–Kier alpha value is -2.34. The standard InChI is InChI=1S/C12H10ClN3O3/c1-19-11-9(12(17)18)6-10(15-16-11)14-8-4-2-7(13)3-5-8/h2-6H,1H3,(H,14,15)(H,17,18). The Labute approximate surface area is 114 Å². The predicted molar refractivity (Wildman–Crippen MR) is 70.3 cm³/mol. The van der Waals surface area contributed by atoms with Gasteiger partial charge in [-0.3, -0.25) is 0 Å². The number of nitrogens with one attached hydrogen (secondary N) is 1. The number of nitrogens with zero attached hydrogens (tertiary/aromatic N) is 2. The highest BCUT2D eigenvalue weighted by Gasteiger charge is 2.14. The van der Waals surface area contributed by atoms with E-state index >= 15 is 0 Å². The van der Waals surface area contributed by atoms with Gasteiger partial charge in [-0.25, -0.2) is 4.79 Å². The lowest BCUT2D eigenvalue weighted by molar-refractivity contribution is 0.0692. The molecule has 1 aromatic heterocycles. The highest BCUT2D eigenvalue weighted by atomic mass is 35.5. The summed E-state index contributed by atoms with van der Waals surface area (Å²) < 4.78 is 4.83. The van der Waals surface area contributed by atoms with Crippen molar-refractivity contribution in [3.63, 3.8) is 0 Å². The highest BCUT2D eigenvalue weighted by Crippen LogP contribution is 2.21. The minimum absolute atomic E-state index is 0.0332. The van der Waals surface area contributed by atoms with E-state index in [1.54, 1.807) is 24.3 Å². The lowest BCUT2D eigenvalue weighted by Gasteiger charge is -2.07. The Kier molecular flexibility index (Phi) is 3.82. The van der Waals surface area contributed by atoms with E-state index in [-0.39, 0.29) is 11.4 Å². The maximum absolute atomic E-state index is 11.0. The van der Waals surface area contributed by atoms with Crippen LogP contribution in [0.2, 0.25) is 5.02 Å². The molecular formula is C12H10ClN3O3. The van der Waals surface area contributed by atoms with Gasteiger partial charge in [-0.05, 0) is 24.3 Å². The summed E-state index contributed by atoms with van der Waals surface area (Å²) >= 11 is 5.77. The van der Waals surface area contributed by atoms with Gasteiger partial charge >= 0.3 is 5.97 Å². The van der Waals surface area contributed by atoms with Gasteiger partial charge in [0.05, 0.1) is 7.11 Å². The summed E-state index contributed by atoms with van der Waals surface area (Å²) in [4.78, 5) is 11.0. The fraction of sp³-hybridized carbons (Fsp3) is 0.0833. The van der Waals surface area contributed by atoms with Crippen molar-refractivity contribution < 1.29 is 14.6 Å². The molecule has 0 saturated carbocycles. The number of aromatic nitrogens is 2. The Morgan fingerprint density at radius 3 is 2.58 bits per heavy atom. The predicted octanol–water partition coefficient (Wildman–Crippen LogP) is 2.58. The second-order valence-electron chi connectivity index (χ2n) is 3.59. The maximum Gasteiger partial charge on any atom is 0.341 e. The fourth-order valence-corrected chi connectivity index (χ4v) is 1.55. The number of aromatic carboxylic acids is 1. The highest BCUT2D eigenvalue weighted by molar-refractivity contribution is 6.30. The van der Waals surface area contributed by atoms with Crippen LogP contribution in [0.1, 0.15) is 10.4 Å². The van der Waals surface area contributed by atoms with Gasteiger partial charge in [0.2, 0.25) is 5.88 Å². The number of ether oxygens (including phenoxy) is 1. The van der Waals surface area contributed by atoms with E-state index in [2.05, 4.69) is 15.5 Å². The van der Waals surface area contributed by atoms with Crippen molar-refractivity contribution in [3.05, 3.63) is 40.9 Å². The minimum atomic E-state index is -1.13. The number of hydrogen-bond donors (Lipinski definition) is 2. The number of carboxylic acids is 1. The molecule has 19 heavy (non-hydrogen) atoms. The van der Waals surface area contributed by atoms with Crippen LogP contribution in [0.4, 0.5) is 11.5 Å². The van der Waals surface area contributed by atoms with Gasteiger partial charge in [-0.15, -0.1) is 10.2 Å². The number of carboxylic acid groups (broad SMARTS) is 1. The minimum Gasteiger partial charge on any atom is -0.479 e. The molecule has 1 aromatic carbocycles. The van der Waals surface area contributed by atoms with E-state index in [1.807, 2.05) is 0 Å². The zero-order valence-electron chi connectivity index (χ0n) is 9.92. The van der Waals surface area contributed by atoms with Gasteiger partial charge < -0.3 is 15.2 Å². The summed E-state index contributed by atoms with van der Waals surface area (Å²) in [6, 6.07) is 8.25. The van der Waals surface area contributed by atoms with E-state index in [9.17, 15) is 4.79 Å². The smallest absolute Gasteiger partial charge is 0.341 e. The molecule has 6 nitrogen and oxygen atoms in total. The van der Waals surface area contributed by atoms with Crippen molar-refractivity contribution in [1.29, 1.82) is 0 Å². The molecule has 0 fully saturated rings. The average Bonchev–Trinajstić information content (AvgIpc) is 2.41. The Morgan fingerprint density at radius 1 is 1.32 bits per heavy atom. The molecule has 1 heterocycles. The summed E-state index contributed by atoms with van der Waals surface area (Å²) in [5, 5.41) is 20.1. The largest absolute Gasteiger partial charge is 0.479 e. The first-order chi connectivity index (χ1) is 9.10. The first-order valence-electron chi connectivity index (χ1n) is 5.28. The van der Waals surface area contributed by atoms with Crippen molar-refractivity contribution in [3.8, 4) is 5.88 Å². The van der Waals surface area contributed by atoms with Crippen LogP contribution in [0.15, 0.2) is 30.3 Å². The number of rotatable bonds is 4. The second-order valence-corrected chi connectivity index (χ2v) is 4.03. The molecule has 0 atom stereocenters. The van der Waals surface area contributed by atoms with Crippen molar-refractivity contribution in [2.75, 3.05) is 12.4 Å². The van der Waals surface area contributed by atoms with E-state index in [1.165, 1.54) is 13.2 Å². The summed E-state index contributed by atoms with van der Waals surface area (Å²) in [5.74, 6) is -0.861. The first-order valence-corrected chi connectivity index (χ1v) is 5.65. The Balaban J connectivity index is 2.28. The van der Waals surface area contributed by atoms with E-state index in [0.717, 1.165) is 5.69 Å². The zero-order valence-corrected chi connectivity index (χ0v) is 10.7. The molecule has 0 amide bonds. The van der Waals surface area contributed by atoms with Gasteiger partial charge in [-0.2, -0.15) is 0 Å². The molecule has 7 heteroatoms. The van der Waals surface area contributed by atoms with Crippen molar-refractivity contribution in [1.82, 2.24) is 10.2 Å². The topological polar surface area (TPSA) is 84.3 Å². The van der Waals surface area contributed by atoms with Crippen LogP contribution in [0.5, 0.6) is 5.88 Å². The lowest BCUT2D eigenvalue weighted by atomic mass is 10.2. The number of methoxy groups -OCH3 is 1. The third-order valence-corrected chi connectivity index (χ3v) is 2.55. The zero-order chi connectivity index (χ0) is 13.8. The first kappa shape index (κ1) is 13.1. The van der Waals surface area contributed by atoms with Crippen LogP contribution in [-0.2, 0) is 0 Å². The summed E-state index contributed by atoms with van der Waals surface area (Å²) in [6.45, 7) is 0. The summed E-state index contributed by atoms with van der Waals surface area (Å²) in [6.07, 6.45) is 0. The Morgan fingerprint density at radius 2 is 2.00 bits per heavy atom. The average molecular weight is 280 g/mol. The molecule has 2 N–H and O–H groups in total. The Bertz CT molecular complexity index is 602. The summed E-state index contributed by atoms with van der Waals surface area (Å²) in [7, 11) is 1.34. The molecule has 98 valence electrons. The van der Waals surface area contributed by atoms with E-state index in [4.69, 9.17) is 21.4 Å². The van der Waals surface area contributed by atoms with Crippen molar-refractivity contribution in [2.45, 2.75) is 0 Å². The van der Waals surface area contributed by atoms with Crippen LogP contribution in [0.3, 0.4) is 0 Å². The summed E-state index contributed by atoms with van der Waals surface area (Å²) in [5.41, 5.74) is 0.661. The molecular weight excluding hydrogens is 270 g/mol. The molecule has 0 aliphatic carbocycles. The van der Waals surface area contributed by atoms with Gasteiger partial charge in [0, 0.05) is 16.8 Å². The molecule has 2 rings (SSSR count). The number of anilines is 2. The third kappa shape index (κ3) is 3.11. The van der Waals surface area contributed by atoms with Crippen molar-refractivity contribution >= 4 is 29.1 Å². The monoisotopic (exact) mass is 279 g/mol. The van der Waals surface area contributed by atoms with E-state index in [0.29, 0.717) is 10.8 Å². The number of benzene rings is 1. The second kappa shape index (κ2) is 5.53. The maximum atomic E-state index is 11.0. The normalized spacial score (nSPS) is 10.0. The van der Waals surface area contributed by atoms with Gasteiger partial charge in [0.1, 0.15) is 5.56 Å². The van der Waals surface area contributed by atoms with Crippen LogP contribution in [0, 0.1) is 0 Å². The van der Waals surface area contributed by atoms with E-state index < -0.39 is 5.97 Å². The van der Waals surface area contributed by atoms with Crippen molar-refractivity contribution in [2.24, 2.45) is 0 Å². The molecule has 0 bridgehead atoms. The van der Waals surface area contributed by atoms with Gasteiger partial charge in [-0.1, -0.05) is 11.6 Å². The SMILES string of the molecule is COc1nnc(Nc2ccc(Cl)cc2)cc1C(=O)O. The molecule has 0 radical (unpaired) electrons. The van der Waals surface area contributed by atoms with Crippen LogP contribution in [0.25, 0.3) is 0 Å². The number of hydrogen-bond acceptors (Lipinski definition) is 5. The molecule has 0 spiro atoms. The molecule has 0 unspecified atom stereocenters. The van der Waals surface area contributed by atoms with Gasteiger partial charge in [0.15, 0.2) is 5.82 Å². The molecule has 0 aliphatic heterocycles.